The van der Waals surface area contributed by atoms with Gasteiger partial charge in [-0.3, -0.25) is 4.79 Å². The zero-order valence-electron chi connectivity index (χ0n) is 17.4. The van der Waals surface area contributed by atoms with Gasteiger partial charge in [0.2, 0.25) is 10.0 Å². The van der Waals surface area contributed by atoms with Crippen LogP contribution in [0.25, 0.3) is 0 Å². The van der Waals surface area contributed by atoms with Crippen molar-refractivity contribution in [2.45, 2.75) is 31.1 Å². The summed E-state index contributed by atoms with van der Waals surface area (Å²) in [5.41, 5.74) is 0.574. The Bertz CT molecular complexity index is 1090. The Kier molecular flexibility index (Phi) is 7.07. The molecule has 0 atom stereocenters. The SMILES string of the molecule is COc1ccc(C(=O)COC(=O)c2ccc(C)c(S(=O)(=O)N3CCCCC3)c2)cc1F. The molecule has 31 heavy (non-hydrogen) atoms. The number of nitrogens with zero attached hydrogens (tertiary/aromatic N) is 1. The summed E-state index contributed by atoms with van der Waals surface area (Å²) >= 11 is 0. The van der Waals surface area contributed by atoms with Crippen molar-refractivity contribution in [2.24, 2.45) is 0 Å². The molecule has 2 aromatic carbocycles. The molecule has 0 unspecified atom stereocenters. The second-order valence-corrected chi connectivity index (χ2v) is 9.20. The summed E-state index contributed by atoms with van der Waals surface area (Å²) in [7, 11) is -2.42. The summed E-state index contributed by atoms with van der Waals surface area (Å²) in [5.74, 6) is -2.14. The maximum Gasteiger partial charge on any atom is 0.338 e. The first-order chi connectivity index (χ1) is 14.7. The molecule has 7 nitrogen and oxygen atoms in total. The van der Waals surface area contributed by atoms with E-state index in [2.05, 4.69) is 0 Å². The van der Waals surface area contributed by atoms with Gasteiger partial charge >= 0.3 is 5.97 Å². The van der Waals surface area contributed by atoms with Crippen LogP contribution >= 0.6 is 0 Å². The van der Waals surface area contributed by atoms with Crippen molar-refractivity contribution in [2.75, 3.05) is 26.8 Å². The molecule has 0 bridgehead atoms. The molecule has 3 rings (SSSR count). The molecule has 0 aliphatic carbocycles. The molecule has 1 aliphatic heterocycles. The number of carbonyl (C=O) groups is 2. The van der Waals surface area contributed by atoms with Gasteiger partial charge in [0.15, 0.2) is 24.0 Å². The summed E-state index contributed by atoms with van der Waals surface area (Å²) in [6.45, 7) is 1.95. The number of hydrogen-bond acceptors (Lipinski definition) is 6. The van der Waals surface area contributed by atoms with Crippen LogP contribution in [0.1, 0.15) is 45.5 Å². The third-order valence-corrected chi connectivity index (χ3v) is 7.21. The summed E-state index contributed by atoms with van der Waals surface area (Å²) in [4.78, 5) is 24.7. The lowest BCUT2D eigenvalue weighted by molar-refractivity contribution is 0.0474. The third kappa shape index (κ3) is 5.11. The predicted octanol–water partition coefficient (Wildman–Crippen LogP) is 3.36. The van der Waals surface area contributed by atoms with E-state index in [9.17, 15) is 22.4 Å². The van der Waals surface area contributed by atoms with Crippen LogP contribution in [-0.2, 0) is 14.8 Å². The Morgan fingerprint density at radius 1 is 1.03 bits per heavy atom. The predicted molar refractivity (Wildman–Crippen MR) is 111 cm³/mol. The topological polar surface area (TPSA) is 90.0 Å². The fourth-order valence-corrected chi connectivity index (χ4v) is 5.15. The number of Topliss-reactive ketones (excluding diaryl/α,β-unsaturated/α-hetero) is 1. The lowest BCUT2D eigenvalue weighted by atomic mass is 10.1. The first-order valence-corrected chi connectivity index (χ1v) is 11.3. The number of rotatable bonds is 7. The minimum atomic E-state index is -3.73. The number of sulfonamides is 1. The number of aryl methyl sites for hydroxylation is 1. The summed E-state index contributed by atoms with van der Waals surface area (Å²) in [6, 6.07) is 7.94. The Morgan fingerprint density at radius 3 is 2.35 bits per heavy atom. The third-order valence-electron chi connectivity index (χ3n) is 5.16. The Morgan fingerprint density at radius 2 is 1.71 bits per heavy atom. The van der Waals surface area contributed by atoms with Crippen molar-refractivity contribution < 1.29 is 31.9 Å². The highest BCUT2D eigenvalue weighted by atomic mass is 32.2. The van der Waals surface area contributed by atoms with Crippen LogP contribution in [0.15, 0.2) is 41.3 Å². The first kappa shape index (κ1) is 22.9. The second kappa shape index (κ2) is 9.57. The van der Waals surface area contributed by atoms with E-state index in [1.165, 1.54) is 41.7 Å². The van der Waals surface area contributed by atoms with Crippen molar-refractivity contribution in [3.05, 3.63) is 58.9 Å². The van der Waals surface area contributed by atoms with Gasteiger partial charge in [0.1, 0.15) is 0 Å². The number of hydrogen-bond donors (Lipinski definition) is 0. The standard InChI is InChI=1S/C22H24FNO6S/c1-15-6-7-17(13-21(15)31(27,28)24-10-4-3-5-11-24)22(26)30-14-19(25)16-8-9-20(29-2)18(23)12-16/h6-9,12-13H,3-5,10-11,14H2,1-2H3. The van der Waals surface area contributed by atoms with Gasteiger partial charge in [0.05, 0.1) is 17.6 Å². The fraction of sp³-hybridized carbons (Fsp3) is 0.364. The molecule has 1 saturated heterocycles. The Hall–Kier alpha value is -2.78. The van der Waals surface area contributed by atoms with E-state index >= 15 is 0 Å². The molecule has 166 valence electrons. The lowest BCUT2D eigenvalue weighted by Gasteiger charge is -2.26. The average Bonchev–Trinajstić information content (AvgIpc) is 2.77. The molecule has 0 radical (unpaired) electrons. The summed E-state index contributed by atoms with van der Waals surface area (Å²) < 4.78 is 51.0. The second-order valence-electron chi connectivity index (χ2n) is 7.29. The maximum atomic E-state index is 13.8. The van der Waals surface area contributed by atoms with E-state index in [0.717, 1.165) is 25.3 Å². The van der Waals surface area contributed by atoms with E-state index in [1.807, 2.05) is 0 Å². The van der Waals surface area contributed by atoms with Gasteiger partial charge in [0.25, 0.3) is 0 Å². The van der Waals surface area contributed by atoms with Crippen LogP contribution in [0.3, 0.4) is 0 Å². The molecule has 0 amide bonds. The van der Waals surface area contributed by atoms with Gasteiger partial charge in [-0.25, -0.2) is 17.6 Å². The number of methoxy groups -OCH3 is 1. The molecule has 0 spiro atoms. The lowest BCUT2D eigenvalue weighted by Crippen LogP contribution is -2.36. The molecular weight excluding hydrogens is 425 g/mol. The van der Waals surface area contributed by atoms with E-state index in [-0.39, 0.29) is 21.8 Å². The summed E-state index contributed by atoms with van der Waals surface area (Å²) in [6.07, 6.45) is 2.59. The minimum absolute atomic E-state index is 0.00403. The van der Waals surface area contributed by atoms with E-state index in [1.54, 1.807) is 6.92 Å². The van der Waals surface area contributed by atoms with Crippen LogP contribution in [0.5, 0.6) is 5.75 Å². The highest BCUT2D eigenvalue weighted by Gasteiger charge is 2.28. The number of ether oxygens (including phenoxy) is 2. The van der Waals surface area contributed by atoms with Crippen molar-refractivity contribution in [3.8, 4) is 5.75 Å². The molecule has 2 aromatic rings. The number of esters is 1. The molecule has 1 heterocycles. The minimum Gasteiger partial charge on any atom is -0.494 e. The van der Waals surface area contributed by atoms with Crippen LogP contribution < -0.4 is 4.74 Å². The van der Waals surface area contributed by atoms with Gasteiger partial charge in [-0.2, -0.15) is 4.31 Å². The number of carbonyl (C=O) groups excluding carboxylic acids is 2. The quantitative estimate of drug-likeness (QED) is 0.476. The first-order valence-electron chi connectivity index (χ1n) is 9.88. The number of halogens is 1. The number of piperidine rings is 1. The fourth-order valence-electron chi connectivity index (χ4n) is 3.39. The zero-order valence-corrected chi connectivity index (χ0v) is 18.2. The van der Waals surface area contributed by atoms with E-state index < -0.39 is 34.2 Å². The van der Waals surface area contributed by atoms with Crippen LogP contribution in [0.4, 0.5) is 4.39 Å². The van der Waals surface area contributed by atoms with Crippen molar-refractivity contribution in [1.29, 1.82) is 0 Å². The largest absolute Gasteiger partial charge is 0.494 e. The van der Waals surface area contributed by atoms with Gasteiger partial charge in [0, 0.05) is 18.7 Å². The van der Waals surface area contributed by atoms with Gasteiger partial charge in [-0.1, -0.05) is 12.5 Å². The summed E-state index contributed by atoms with van der Waals surface area (Å²) in [5, 5.41) is 0. The highest BCUT2D eigenvalue weighted by molar-refractivity contribution is 7.89. The molecule has 1 aliphatic rings. The van der Waals surface area contributed by atoms with Crippen LogP contribution in [0.2, 0.25) is 0 Å². The highest BCUT2D eigenvalue weighted by Crippen LogP contribution is 2.25. The van der Waals surface area contributed by atoms with Gasteiger partial charge in [-0.15, -0.1) is 0 Å². The van der Waals surface area contributed by atoms with E-state index in [4.69, 9.17) is 9.47 Å². The van der Waals surface area contributed by atoms with E-state index in [0.29, 0.717) is 18.7 Å². The molecule has 1 fully saturated rings. The molecule has 0 N–H and O–H groups in total. The van der Waals surface area contributed by atoms with Gasteiger partial charge < -0.3 is 9.47 Å². The van der Waals surface area contributed by atoms with Gasteiger partial charge in [-0.05, 0) is 55.7 Å². The van der Waals surface area contributed by atoms with Crippen molar-refractivity contribution in [3.63, 3.8) is 0 Å². The normalized spacial score (nSPS) is 14.8. The molecule has 9 heteroatoms. The Labute approximate surface area is 180 Å². The smallest absolute Gasteiger partial charge is 0.338 e. The molecular formula is C22H24FNO6S. The number of benzene rings is 2. The molecule has 0 saturated carbocycles. The maximum absolute atomic E-state index is 13.8. The average molecular weight is 450 g/mol. The van der Waals surface area contributed by atoms with Crippen molar-refractivity contribution >= 4 is 21.8 Å². The Balaban J connectivity index is 1.73. The van der Waals surface area contributed by atoms with Crippen LogP contribution in [-0.4, -0.2) is 51.3 Å². The zero-order chi connectivity index (χ0) is 22.6. The van der Waals surface area contributed by atoms with Crippen molar-refractivity contribution in [1.82, 2.24) is 4.31 Å². The monoisotopic (exact) mass is 449 g/mol. The molecule has 0 aromatic heterocycles. The van der Waals surface area contributed by atoms with Crippen LogP contribution in [0, 0.1) is 12.7 Å². The number of ketones is 1.